The molecule has 2 heterocycles. The molecule has 2 bridgehead atoms. The number of piperidine rings is 1. The van der Waals surface area contributed by atoms with Crippen molar-refractivity contribution in [3.05, 3.63) is 29.3 Å². The Morgan fingerprint density at radius 3 is 2.56 bits per heavy atom. The molecule has 4 N–H and O–H groups in total. The quantitative estimate of drug-likeness (QED) is 0.740. The number of amides is 1. The molecule has 4 nitrogen and oxygen atoms in total. The SMILES string of the molecule is NC(=O)c1cccc([C@@H]2C[C@H]3CC[C@@H](C2)N3)c1O. The fraction of sp³-hybridized carbons (Fsp3) is 0.500. The minimum atomic E-state index is -0.564. The summed E-state index contributed by atoms with van der Waals surface area (Å²) in [5.41, 5.74) is 6.38. The molecule has 18 heavy (non-hydrogen) atoms. The summed E-state index contributed by atoms with van der Waals surface area (Å²) in [6.45, 7) is 0. The van der Waals surface area contributed by atoms with Crippen molar-refractivity contribution in [2.24, 2.45) is 5.73 Å². The van der Waals surface area contributed by atoms with Crippen molar-refractivity contribution < 1.29 is 9.90 Å². The summed E-state index contributed by atoms with van der Waals surface area (Å²) in [6.07, 6.45) is 4.51. The number of hydrogen-bond acceptors (Lipinski definition) is 3. The monoisotopic (exact) mass is 246 g/mol. The van der Waals surface area contributed by atoms with E-state index in [0.717, 1.165) is 18.4 Å². The van der Waals surface area contributed by atoms with Crippen LogP contribution in [0.4, 0.5) is 0 Å². The van der Waals surface area contributed by atoms with Gasteiger partial charge >= 0.3 is 0 Å². The first-order chi connectivity index (χ1) is 8.65. The number of benzene rings is 1. The highest BCUT2D eigenvalue weighted by Gasteiger charge is 2.35. The fourth-order valence-electron chi connectivity index (χ4n) is 3.40. The van der Waals surface area contributed by atoms with E-state index in [1.807, 2.05) is 6.07 Å². The Kier molecular flexibility index (Phi) is 2.74. The van der Waals surface area contributed by atoms with Crippen LogP contribution < -0.4 is 11.1 Å². The lowest BCUT2D eigenvalue weighted by molar-refractivity contribution is 0.0997. The highest BCUT2D eigenvalue weighted by Crippen LogP contribution is 2.41. The molecule has 0 radical (unpaired) electrons. The molecule has 0 saturated carbocycles. The molecule has 1 aromatic rings. The van der Waals surface area contributed by atoms with Crippen molar-refractivity contribution >= 4 is 5.91 Å². The maximum Gasteiger partial charge on any atom is 0.252 e. The molecule has 4 heteroatoms. The second kappa shape index (κ2) is 4.28. The largest absolute Gasteiger partial charge is 0.507 e. The van der Waals surface area contributed by atoms with Crippen LogP contribution in [-0.2, 0) is 0 Å². The Bertz CT molecular complexity index is 475. The average molecular weight is 246 g/mol. The Morgan fingerprint density at radius 1 is 1.28 bits per heavy atom. The Hall–Kier alpha value is -1.55. The van der Waals surface area contributed by atoms with Crippen LogP contribution >= 0.6 is 0 Å². The van der Waals surface area contributed by atoms with Crippen LogP contribution in [0.1, 0.15) is 47.5 Å². The maximum atomic E-state index is 11.2. The highest BCUT2D eigenvalue weighted by molar-refractivity contribution is 5.96. The lowest BCUT2D eigenvalue weighted by Crippen LogP contribution is -2.37. The van der Waals surface area contributed by atoms with Gasteiger partial charge in [0.1, 0.15) is 5.75 Å². The van der Waals surface area contributed by atoms with Gasteiger partial charge in [-0.15, -0.1) is 0 Å². The van der Waals surface area contributed by atoms with Crippen molar-refractivity contribution in [1.82, 2.24) is 5.32 Å². The lowest BCUT2D eigenvalue weighted by atomic mass is 9.85. The third kappa shape index (κ3) is 1.86. The van der Waals surface area contributed by atoms with Crippen molar-refractivity contribution in [3.8, 4) is 5.75 Å². The zero-order valence-corrected chi connectivity index (χ0v) is 10.2. The normalized spacial score (nSPS) is 30.3. The molecule has 1 aromatic carbocycles. The first-order valence-electron chi connectivity index (χ1n) is 6.53. The number of aromatic hydroxyl groups is 1. The minimum absolute atomic E-state index is 0.0799. The van der Waals surface area contributed by atoms with Gasteiger partial charge in [-0.3, -0.25) is 4.79 Å². The molecular formula is C14H18N2O2. The predicted octanol–water partition coefficient (Wildman–Crippen LogP) is 1.49. The molecule has 3 rings (SSSR count). The van der Waals surface area contributed by atoms with Crippen molar-refractivity contribution in [2.75, 3.05) is 0 Å². The summed E-state index contributed by atoms with van der Waals surface area (Å²) in [5, 5.41) is 13.8. The van der Waals surface area contributed by atoms with Crippen molar-refractivity contribution in [3.63, 3.8) is 0 Å². The lowest BCUT2D eigenvalue weighted by Gasteiger charge is -2.30. The summed E-state index contributed by atoms with van der Waals surface area (Å²) in [7, 11) is 0. The van der Waals surface area contributed by atoms with E-state index >= 15 is 0 Å². The first-order valence-corrected chi connectivity index (χ1v) is 6.53. The van der Waals surface area contributed by atoms with Crippen molar-refractivity contribution in [1.29, 1.82) is 0 Å². The van der Waals surface area contributed by atoms with Gasteiger partial charge in [0.05, 0.1) is 5.56 Å². The number of hydrogen-bond donors (Lipinski definition) is 3. The molecule has 0 aliphatic carbocycles. The third-order valence-corrected chi connectivity index (χ3v) is 4.25. The zero-order chi connectivity index (χ0) is 12.7. The van der Waals surface area contributed by atoms with E-state index < -0.39 is 5.91 Å². The highest BCUT2D eigenvalue weighted by atomic mass is 16.3. The number of carbonyl (C=O) groups is 1. The number of phenols is 1. The zero-order valence-electron chi connectivity index (χ0n) is 10.2. The summed E-state index contributed by atoms with van der Waals surface area (Å²) < 4.78 is 0. The second-order valence-electron chi connectivity index (χ2n) is 5.41. The first kappa shape index (κ1) is 11.5. The molecule has 0 aromatic heterocycles. The van der Waals surface area contributed by atoms with E-state index in [4.69, 9.17) is 5.73 Å². The molecule has 96 valence electrons. The van der Waals surface area contributed by atoms with E-state index in [1.54, 1.807) is 12.1 Å². The van der Waals surface area contributed by atoms with Gasteiger partial charge in [-0.2, -0.15) is 0 Å². The Labute approximate surface area is 106 Å². The van der Waals surface area contributed by atoms with Crippen LogP contribution in [0.25, 0.3) is 0 Å². The van der Waals surface area contributed by atoms with E-state index in [0.29, 0.717) is 18.0 Å². The molecule has 2 saturated heterocycles. The number of para-hydroxylation sites is 1. The smallest absolute Gasteiger partial charge is 0.252 e. The van der Waals surface area contributed by atoms with Crippen LogP contribution in [0.15, 0.2) is 18.2 Å². The van der Waals surface area contributed by atoms with Crippen LogP contribution in [0.3, 0.4) is 0 Å². The summed E-state index contributed by atoms with van der Waals surface area (Å²) >= 11 is 0. The van der Waals surface area contributed by atoms with Gasteiger partial charge in [0.2, 0.25) is 0 Å². The summed E-state index contributed by atoms with van der Waals surface area (Å²) in [5.74, 6) is -0.148. The maximum absolute atomic E-state index is 11.2. The van der Waals surface area contributed by atoms with Crippen LogP contribution in [0.5, 0.6) is 5.75 Å². The standard InChI is InChI=1S/C14H18N2O2/c15-14(18)12-3-1-2-11(13(12)17)8-6-9-4-5-10(7-8)16-9/h1-3,8-10,16-17H,4-7H2,(H2,15,18)/t8-,9-,10+. The summed E-state index contributed by atoms with van der Waals surface area (Å²) in [4.78, 5) is 11.2. The van der Waals surface area contributed by atoms with Crippen LogP contribution in [0, 0.1) is 0 Å². The molecular weight excluding hydrogens is 228 g/mol. The fourth-order valence-corrected chi connectivity index (χ4v) is 3.40. The Morgan fingerprint density at radius 2 is 1.94 bits per heavy atom. The van der Waals surface area contributed by atoms with Gasteiger partial charge in [-0.25, -0.2) is 0 Å². The van der Waals surface area contributed by atoms with E-state index in [2.05, 4.69) is 5.32 Å². The van der Waals surface area contributed by atoms with Gasteiger partial charge in [-0.1, -0.05) is 12.1 Å². The topological polar surface area (TPSA) is 75.4 Å². The van der Waals surface area contributed by atoms with E-state index in [-0.39, 0.29) is 11.3 Å². The van der Waals surface area contributed by atoms with Gasteiger partial charge in [0.15, 0.2) is 0 Å². The second-order valence-corrected chi connectivity index (χ2v) is 5.41. The molecule has 3 atom stereocenters. The number of nitrogens with two attached hydrogens (primary N) is 1. The number of fused-ring (bicyclic) bond motifs is 2. The summed E-state index contributed by atoms with van der Waals surface area (Å²) in [6, 6.07) is 6.42. The third-order valence-electron chi connectivity index (χ3n) is 4.25. The van der Waals surface area contributed by atoms with Gasteiger partial charge in [-0.05, 0) is 43.2 Å². The van der Waals surface area contributed by atoms with Gasteiger partial charge in [0, 0.05) is 12.1 Å². The molecule has 2 aliphatic rings. The molecule has 0 unspecified atom stereocenters. The number of rotatable bonds is 2. The Balaban J connectivity index is 1.92. The minimum Gasteiger partial charge on any atom is -0.507 e. The molecule has 1 amide bonds. The average Bonchev–Trinajstić information content (AvgIpc) is 2.68. The number of nitrogens with one attached hydrogen (secondary N) is 1. The predicted molar refractivity (Wildman–Crippen MR) is 68.5 cm³/mol. The van der Waals surface area contributed by atoms with Crippen molar-refractivity contribution in [2.45, 2.75) is 43.7 Å². The van der Waals surface area contributed by atoms with E-state index in [1.165, 1.54) is 12.8 Å². The van der Waals surface area contributed by atoms with Gasteiger partial charge in [0.25, 0.3) is 5.91 Å². The number of primary amides is 1. The molecule has 0 spiro atoms. The molecule has 2 aliphatic heterocycles. The number of carbonyl (C=O) groups excluding carboxylic acids is 1. The van der Waals surface area contributed by atoms with Crippen LogP contribution in [0.2, 0.25) is 0 Å². The molecule has 2 fully saturated rings. The van der Waals surface area contributed by atoms with Crippen LogP contribution in [-0.4, -0.2) is 23.1 Å². The van der Waals surface area contributed by atoms with E-state index in [9.17, 15) is 9.90 Å². The van der Waals surface area contributed by atoms with Gasteiger partial charge < -0.3 is 16.2 Å².